The van der Waals surface area contributed by atoms with Crippen LogP contribution in [0.1, 0.15) is 32.4 Å². The third-order valence-corrected chi connectivity index (χ3v) is 5.53. The molecule has 2 N–H and O–H groups in total. The molecular formula is C18H19FN4O2S2. The SMILES string of the molecule is CC(C)(C)c1cnc(CSc2cnc(NC(=O)Nc3ccc(F)cc3)s2)o1. The lowest BCUT2D eigenvalue weighted by Gasteiger charge is -2.12. The molecule has 0 saturated heterocycles. The van der Waals surface area contributed by atoms with Crippen molar-refractivity contribution in [3.05, 3.63) is 54.1 Å². The van der Waals surface area contributed by atoms with Gasteiger partial charge in [0.25, 0.3) is 0 Å². The van der Waals surface area contributed by atoms with Crippen LogP contribution in [0.5, 0.6) is 0 Å². The molecule has 3 aromatic rings. The molecule has 0 aliphatic heterocycles. The standard InChI is InChI=1S/C18H19FN4O2S2/c1-18(2,3)13-8-20-14(25-13)10-26-15-9-21-17(27-15)23-16(24)22-12-6-4-11(19)5-7-12/h4-9H,10H2,1-3H3,(H2,21,22,23,24). The number of hydrogen-bond acceptors (Lipinski definition) is 6. The van der Waals surface area contributed by atoms with Crippen LogP contribution >= 0.6 is 23.1 Å². The van der Waals surface area contributed by atoms with E-state index in [-0.39, 0.29) is 11.2 Å². The van der Waals surface area contributed by atoms with Crippen molar-refractivity contribution in [2.45, 2.75) is 36.1 Å². The predicted octanol–water partition coefficient (Wildman–Crippen LogP) is 5.50. The van der Waals surface area contributed by atoms with E-state index in [1.807, 2.05) is 0 Å². The van der Waals surface area contributed by atoms with Gasteiger partial charge in [0, 0.05) is 11.1 Å². The molecule has 0 radical (unpaired) electrons. The fraction of sp³-hybridized carbons (Fsp3) is 0.278. The Labute approximate surface area is 164 Å². The molecule has 2 heterocycles. The molecule has 2 aromatic heterocycles. The number of oxazole rings is 1. The van der Waals surface area contributed by atoms with Crippen molar-refractivity contribution in [2.24, 2.45) is 0 Å². The van der Waals surface area contributed by atoms with Gasteiger partial charge in [-0.05, 0) is 24.3 Å². The van der Waals surface area contributed by atoms with Crippen LogP contribution in [-0.2, 0) is 11.2 Å². The number of carbonyl (C=O) groups is 1. The zero-order chi connectivity index (χ0) is 19.4. The summed E-state index contributed by atoms with van der Waals surface area (Å²) >= 11 is 2.89. The number of benzene rings is 1. The number of nitrogens with one attached hydrogen (secondary N) is 2. The molecule has 0 aliphatic rings. The first-order valence-electron chi connectivity index (χ1n) is 8.17. The summed E-state index contributed by atoms with van der Waals surface area (Å²) in [5.41, 5.74) is 0.425. The molecule has 0 aliphatic carbocycles. The number of rotatable bonds is 5. The summed E-state index contributed by atoms with van der Waals surface area (Å²) in [7, 11) is 0. The van der Waals surface area contributed by atoms with Crippen LogP contribution in [0.3, 0.4) is 0 Å². The largest absolute Gasteiger partial charge is 0.444 e. The number of thiazole rings is 1. The first-order valence-corrected chi connectivity index (χ1v) is 9.97. The molecule has 0 atom stereocenters. The van der Waals surface area contributed by atoms with Gasteiger partial charge in [-0.3, -0.25) is 5.32 Å². The van der Waals surface area contributed by atoms with E-state index in [1.54, 1.807) is 12.4 Å². The molecule has 1 aromatic carbocycles. The van der Waals surface area contributed by atoms with Crippen LogP contribution in [0.15, 0.2) is 45.3 Å². The normalized spacial score (nSPS) is 11.4. The van der Waals surface area contributed by atoms with Crippen LogP contribution in [0, 0.1) is 5.82 Å². The number of urea groups is 1. The number of carbonyl (C=O) groups excluding carboxylic acids is 1. The Morgan fingerprint density at radius 2 is 1.93 bits per heavy atom. The van der Waals surface area contributed by atoms with Crippen molar-refractivity contribution >= 4 is 39.9 Å². The Morgan fingerprint density at radius 1 is 1.19 bits per heavy atom. The van der Waals surface area contributed by atoms with Gasteiger partial charge in [0.1, 0.15) is 11.6 Å². The van der Waals surface area contributed by atoms with Crippen molar-refractivity contribution in [1.29, 1.82) is 0 Å². The summed E-state index contributed by atoms with van der Waals surface area (Å²) < 4.78 is 19.6. The molecule has 27 heavy (non-hydrogen) atoms. The summed E-state index contributed by atoms with van der Waals surface area (Å²) in [6, 6.07) is 5.10. The van der Waals surface area contributed by atoms with Gasteiger partial charge < -0.3 is 9.73 Å². The maximum Gasteiger partial charge on any atom is 0.325 e. The van der Waals surface area contributed by atoms with Gasteiger partial charge in [0.05, 0.1) is 22.4 Å². The van der Waals surface area contributed by atoms with Gasteiger partial charge in [-0.15, -0.1) is 11.8 Å². The number of amides is 2. The van der Waals surface area contributed by atoms with Crippen molar-refractivity contribution in [2.75, 3.05) is 10.6 Å². The fourth-order valence-electron chi connectivity index (χ4n) is 2.03. The van der Waals surface area contributed by atoms with Crippen molar-refractivity contribution in [1.82, 2.24) is 9.97 Å². The van der Waals surface area contributed by atoms with Crippen LogP contribution < -0.4 is 10.6 Å². The van der Waals surface area contributed by atoms with E-state index in [0.717, 1.165) is 9.97 Å². The molecule has 0 fully saturated rings. The third-order valence-electron chi connectivity index (χ3n) is 3.44. The predicted molar refractivity (Wildman–Crippen MR) is 106 cm³/mol. The molecule has 0 bridgehead atoms. The van der Waals surface area contributed by atoms with E-state index in [4.69, 9.17) is 4.42 Å². The molecule has 9 heteroatoms. The molecule has 0 unspecified atom stereocenters. The Bertz CT molecular complexity index is 916. The average molecular weight is 407 g/mol. The van der Waals surface area contributed by atoms with E-state index in [2.05, 4.69) is 41.4 Å². The first-order chi connectivity index (χ1) is 12.8. The van der Waals surface area contributed by atoms with E-state index in [0.29, 0.717) is 22.5 Å². The van der Waals surface area contributed by atoms with Gasteiger partial charge in [0.15, 0.2) is 5.13 Å². The van der Waals surface area contributed by atoms with Crippen LogP contribution in [0.25, 0.3) is 0 Å². The molecule has 0 saturated carbocycles. The second-order valence-corrected chi connectivity index (χ2v) is 9.03. The van der Waals surface area contributed by atoms with E-state index in [1.165, 1.54) is 47.4 Å². The maximum atomic E-state index is 12.9. The lowest BCUT2D eigenvalue weighted by Crippen LogP contribution is -2.19. The fourth-order valence-corrected chi connectivity index (χ4v) is 3.75. The van der Waals surface area contributed by atoms with Gasteiger partial charge in [-0.2, -0.15) is 0 Å². The zero-order valence-electron chi connectivity index (χ0n) is 15.1. The molecule has 0 spiro atoms. The van der Waals surface area contributed by atoms with Crippen LogP contribution in [0.2, 0.25) is 0 Å². The summed E-state index contributed by atoms with van der Waals surface area (Å²) in [6.45, 7) is 6.22. The van der Waals surface area contributed by atoms with Crippen LogP contribution in [-0.4, -0.2) is 16.0 Å². The molecular weight excluding hydrogens is 387 g/mol. The molecule has 3 rings (SSSR count). The van der Waals surface area contributed by atoms with E-state index in [9.17, 15) is 9.18 Å². The number of halogens is 1. The Morgan fingerprint density at radius 3 is 2.59 bits per heavy atom. The molecule has 2 amide bonds. The molecule has 6 nitrogen and oxygen atoms in total. The summed E-state index contributed by atoms with van der Waals surface area (Å²) in [5.74, 6) is 1.73. The number of nitrogens with zero attached hydrogens (tertiary/aromatic N) is 2. The van der Waals surface area contributed by atoms with Gasteiger partial charge >= 0.3 is 6.03 Å². The number of aromatic nitrogens is 2. The second kappa shape index (κ2) is 8.10. The highest BCUT2D eigenvalue weighted by Gasteiger charge is 2.19. The van der Waals surface area contributed by atoms with Gasteiger partial charge in [-0.25, -0.2) is 19.2 Å². The average Bonchev–Trinajstić information content (AvgIpc) is 3.24. The maximum absolute atomic E-state index is 12.9. The quantitative estimate of drug-likeness (QED) is 0.547. The Kier molecular flexibility index (Phi) is 5.81. The van der Waals surface area contributed by atoms with Crippen LogP contribution in [0.4, 0.5) is 20.0 Å². The lowest BCUT2D eigenvalue weighted by molar-refractivity contribution is 0.262. The minimum absolute atomic E-state index is 0.0740. The summed E-state index contributed by atoms with van der Waals surface area (Å²) in [4.78, 5) is 20.5. The van der Waals surface area contributed by atoms with Gasteiger partial charge in [0.2, 0.25) is 5.89 Å². The topological polar surface area (TPSA) is 80.0 Å². The number of anilines is 2. The first kappa shape index (κ1) is 19.4. The zero-order valence-corrected chi connectivity index (χ0v) is 16.7. The Balaban J connectivity index is 1.51. The third kappa shape index (κ3) is 5.54. The second-order valence-electron chi connectivity index (χ2n) is 6.73. The Hall–Kier alpha value is -2.39. The minimum Gasteiger partial charge on any atom is -0.444 e. The number of hydrogen-bond donors (Lipinski definition) is 2. The lowest BCUT2D eigenvalue weighted by atomic mass is 9.94. The minimum atomic E-state index is -0.435. The highest BCUT2D eigenvalue weighted by Crippen LogP contribution is 2.31. The highest BCUT2D eigenvalue weighted by molar-refractivity contribution is 8.00. The molecule has 142 valence electrons. The number of thioether (sulfide) groups is 1. The van der Waals surface area contributed by atoms with Crippen molar-refractivity contribution in [3.63, 3.8) is 0 Å². The van der Waals surface area contributed by atoms with E-state index < -0.39 is 6.03 Å². The van der Waals surface area contributed by atoms with Crippen molar-refractivity contribution < 1.29 is 13.6 Å². The summed E-state index contributed by atoms with van der Waals surface area (Å²) in [6.07, 6.45) is 3.45. The van der Waals surface area contributed by atoms with Crippen molar-refractivity contribution in [3.8, 4) is 0 Å². The highest BCUT2D eigenvalue weighted by atomic mass is 32.2. The van der Waals surface area contributed by atoms with E-state index >= 15 is 0 Å². The summed E-state index contributed by atoms with van der Waals surface area (Å²) in [5, 5.41) is 5.75. The van der Waals surface area contributed by atoms with Gasteiger partial charge in [-0.1, -0.05) is 32.1 Å². The monoisotopic (exact) mass is 406 g/mol. The smallest absolute Gasteiger partial charge is 0.325 e.